The number of fused-ring (bicyclic) bond motifs is 4. The standard InChI is InChI=1S/C30H33NO/c1-28-11-8-23-18-25-26(32)3-2-10-29(25)12-14-30(23,15-13-29)27(28)7-6-24(28)21-5-4-20-9-16-31-19-22(20)17-21/h4-5,8-9,16-19,24,27H,2-3,6-7,10-15H2,1H3/t24-,27-,28-,29?,30?/m1/s1. The molecule has 3 saturated carbocycles. The van der Waals surface area contributed by atoms with E-state index in [0.29, 0.717) is 22.5 Å². The number of carbonyl (C=O) groups excluding carboxylic acids is 1. The molecule has 0 saturated heterocycles. The van der Waals surface area contributed by atoms with Crippen LogP contribution in [-0.4, -0.2) is 10.8 Å². The lowest BCUT2D eigenvalue weighted by Crippen LogP contribution is -2.46. The van der Waals surface area contributed by atoms with Crippen molar-refractivity contribution in [3.8, 4) is 0 Å². The predicted octanol–water partition coefficient (Wildman–Crippen LogP) is 7.30. The molecule has 2 nitrogen and oxygen atoms in total. The third kappa shape index (κ3) is 2.37. The Bertz CT molecular complexity index is 1190. The molecule has 164 valence electrons. The van der Waals surface area contributed by atoms with Crippen LogP contribution < -0.4 is 0 Å². The van der Waals surface area contributed by atoms with Crippen molar-refractivity contribution in [3.63, 3.8) is 0 Å². The van der Waals surface area contributed by atoms with Crippen molar-refractivity contribution in [3.05, 3.63) is 65.5 Å². The fraction of sp³-hybridized carbons (Fsp3) is 0.533. The van der Waals surface area contributed by atoms with Gasteiger partial charge >= 0.3 is 0 Å². The Morgan fingerprint density at radius 2 is 1.88 bits per heavy atom. The van der Waals surface area contributed by atoms with E-state index >= 15 is 0 Å². The largest absolute Gasteiger partial charge is 0.295 e. The van der Waals surface area contributed by atoms with E-state index < -0.39 is 0 Å². The number of Topliss-reactive ketones (excluding diaryl/α,β-unsaturated/α-hetero) is 1. The quantitative estimate of drug-likeness (QED) is 0.481. The summed E-state index contributed by atoms with van der Waals surface area (Å²) in [5.74, 6) is 1.80. The van der Waals surface area contributed by atoms with Crippen LogP contribution >= 0.6 is 0 Å². The highest BCUT2D eigenvalue weighted by Gasteiger charge is 2.62. The molecule has 2 aromatic rings. The molecule has 8 rings (SSSR count). The van der Waals surface area contributed by atoms with Crippen molar-refractivity contribution in [2.75, 3.05) is 0 Å². The van der Waals surface area contributed by atoms with Gasteiger partial charge in [0.1, 0.15) is 0 Å². The molecule has 0 amide bonds. The van der Waals surface area contributed by atoms with Crippen molar-refractivity contribution in [1.29, 1.82) is 0 Å². The predicted molar refractivity (Wildman–Crippen MR) is 128 cm³/mol. The lowest BCUT2D eigenvalue weighted by molar-refractivity contribution is -0.119. The average molecular weight is 424 g/mol. The maximum Gasteiger partial charge on any atom is 0.159 e. The summed E-state index contributed by atoms with van der Waals surface area (Å²) in [4.78, 5) is 17.3. The lowest BCUT2D eigenvalue weighted by atomic mass is 9.48. The number of hydrogen-bond acceptors (Lipinski definition) is 2. The number of hydrogen-bond donors (Lipinski definition) is 0. The Hall–Kier alpha value is -2.22. The molecule has 6 aliphatic carbocycles. The van der Waals surface area contributed by atoms with Crippen LogP contribution in [0, 0.1) is 22.2 Å². The number of pyridine rings is 1. The zero-order valence-corrected chi connectivity index (χ0v) is 19.2. The first-order valence-electron chi connectivity index (χ1n) is 12.8. The third-order valence-electron chi connectivity index (χ3n) is 10.7. The van der Waals surface area contributed by atoms with Gasteiger partial charge in [0.05, 0.1) is 0 Å². The minimum Gasteiger partial charge on any atom is -0.295 e. The zero-order chi connectivity index (χ0) is 21.6. The topological polar surface area (TPSA) is 30.0 Å². The Kier molecular flexibility index (Phi) is 3.87. The number of rotatable bonds is 1. The molecule has 0 N–H and O–H groups in total. The van der Waals surface area contributed by atoms with Crippen molar-refractivity contribution >= 4 is 16.6 Å². The summed E-state index contributed by atoms with van der Waals surface area (Å²) in [6, 6.07) is 9.21. The second-order valence-electron chi connectivity index (χ2n) is 11.8. The highest BCUT2D eigenvalue weighted by molar-refractivity contribution is 5.98. The average Bonchev–Trinajstić information content (AvgIpc) is 3.01. The number of benzene rings is 1. The van der Waals surface area contributed by atoms with Crippen LogP contribution in [-0.2, 0) is 4.79 Å². The second kappa shape index (κ2) is 6.43. The number of aromatic nitrogens is 1. The van der Waals surface area contributed by atoms with Gasteiger partial charge in [-0.25, -0.2) is 0 Å². The van der Waals surface area contributed by atoms with Gasteiger partial charge in [0, 0.05) is 29.8 Å². The Morgan fingerprint density at radius 3 is 2.75 bits per heavy atom. The van der Waals surface area contributed by atoms with Crippen molar-refractivity contribution < 1.29 is 4.79 Å². The highest BCUT2D eigenvalue weighted by Crippen LogP contribution is 2.71. The van der Waals surface area contributed by atoms with Crippen LogP contribution in [0.15, 0.2) is 60.0 Å². The molecule has 0 aliphatic heterocycles. The third-order valence-corrected chi connectivity index (χ3v) is 10.7. The summed E-state index contributed by atoms with van der Waals surface area (Å²) in [6.45, 7) is 2.59. The van der Waals surface area contributed by atoms with Crippen LogP contribution in [0.3, 0.4) is 0 Å². The van der Waals surface area contributed by atoms with Crippen molar-refractivity contribution in [1.82, 2.24) is 4.98 Å². The van der Waals surface area contributed by atoms with E-state index in [-0.39, 0.29) is 5.41 Å². The molecule has 3 atom stereocenters. The fourth-order valence-electron chi connectivity index (χ4n) is 9.10. The summed E-state index contributed by atoms with van der Waals surface area (Å²) in [5, 5.41) is 2.55. The summed E-state index contributed by atoms with van der Waals surface area (Å²) >= 11 is 0. The van der Waals surface area contributed by atoms with Gasteiger partial charge in [-0.05, 0) is 115 Å². The SMILES string of the molecule is C[C@]12CC=C3C=C4C(=O)CCCC45CCC3(CC5)[C@@H]1CC[C@@H]2c1ccc2ccncc2c1. The molecule has 2 heteroatoms. The van der Waals surface area contributed by atoms with Gasteiger partial charge in [-0.3, -0.25) is 9.78 Å². The monoisotopic (exact) mass is 423 g/mol. The van der Waals surface area contributed by atoms with E-state index in [4.69, 9.17) is 0 Å². The van der Waals surface area contributed by atoms with E-state index in [9.17, 15) is 4.79 Å². The van der Waals surface area contributed by atoms with Gasteiger partial charge in [0.25, 0.3) is 0 Å². The second-order valence-corrected chi connectivity index (χ2v) is 11.8. The van der Waals surface area contributed by atoms with Crippen LogP contribution in [0.2, 0.25) is 0 Å². The molecule has 2 spiro atoms. The number of carbonyl (C=O) groups is 1. The summed E-state index contributed by atoms with van der Waals surface area (Å²) in [5.41, 5.74) is 5.09. The fourth-order valence-corrected chi connectivity index (χ4v) is 9.10. The van der Waals surface area contributed by atoms with E-state index in [1.165, 1.54) is 66.9 Å². The van der Waals surface area contributed by atoms with Gasteiger partial charge in [-0.15, -0.1) is 0 Å². The number of ketones is 1. The van der Waals surface area contributed by atoms with Crippen LogP contribution in [0.5, 0.6) is 0 Å². The molecule has 2 bridgehead atoms. The van der Waals surface area contributed by atoms with E-state index in [1.807, 2.05) is 12.4 Å². The lowest BCUT2D eigenvalue weighted by Gasteiger charge is -2.55. The molecule has 1 heterocycles. The normalized spacial score (nSPS) is 40.2. The summed E-state index contributed by atoms with van der Waals surface area (Å²) in [7, 11) is 0. The molecule has 3 fully saturated rings. The van der Waals surface area contributed by atoms with E-state index in [2.05, 4.69) is 48.3 Å². The van der Waals surface area contributed by atoms with Gasteiger partial charge in [0.2, 0.25) is 0 Å². The molecule has 32 heavy (non-hydrogen) atoms. The van der Waals surface area contributed by atoms with Crippen molar-refractivity contribution in [2.24, 2.45) is 22.2 Å². The van der Waals surface area contributed by atoms with E-state index in [0.717, 1.165) is 25.2 Å². The number of nitrogens with zero attached hydrogens (tertiary/aromatic N) is 1. The molecule has 6 aliphatic rings. The van der Waals surface area contributed by atoms with Gasteiger partial charge in [-0.2, -0.15) is 0 Å². The van der Waals surface area contributed by atoms with E-state index in [1.54, 1.807) is 5.57 Å². The molecular formula is C30H33NO. The molecule has 1 aromatic carbocycles. The first-order valence-corrected chi connectivity index (χ1v) is 12.8. The Labute approximate surface area is 191 Å². The minimum atomic E-state index is 0.207. The summed E-state index contributed by atoms with van der Waals surface area (Å²) in [6.07, 6.45) is 20.8. The Balaban J connectivity index is 1.32. The Morgan fingerprint density at radius 1 is 1.00 bits per heavy atom. The smallest absolute Gasteiger partial charge is 0.159 e. The molecule has 1 aromatic heterocycles. The van der Waals surface area contributed by atoms with Crippen LogP contribution in [0.1, 0.15) is 82.6 Å². The maximum absolute atomic E-state index is 13.0. The summed E-state index contributed by atoms with van der Waals surface area (Å²) < 4.78 is 0. The molecule has 0 radical (unpaired) electrons. The highest BCUT2D eigenvalue weighted by atomic mass is 16.1. The number of allylic oxidation sites excluding steroid dienone is 4. The first kappa shape index (κ1) is 19.3. The van der Waals surface area contributed by atoms with Gasteiger partial charge in [-0.1, -0.05) is 31.2 Å². The zero-order valence-electron chi connectivity index (χ0n) is 19.2. The van der Waals surface area contributed by atoms with Gasteiger partial charge in [0.15, 0.2) is 5.78 Å². The molecular weight excluding hydrogens is 390 g/mol. The van der Waals surface area contributed by atoms with Gasteiger partial charge < -0.3 is 0 Å². The maximum atomic E-state index is 13.0. The van der Waals surface area contributed by atoms with Crippen LogP contribution in [0.4, 0.5) is 0 Å². The van der Waals surface area contributed by atoms with Crippen molar-refractivity contribution in [2.45, 2.75) is 77.0 Å². The van der Waals surface area contributed by atoms with Crippen LogP contribution in [0.25, 0.3) is 10.8 Å². The minimum absolute atomic E-state index is 0.207. The first-order chi connectivity index (χ1) is 15.5. The molecule has 0 unspecified atom stereocenters.